The van der Waals surface area contributed by atoms with Gasteiger partial charge in [0.15, 0.2) is 5.60 Å². The van der Waals surface area contributed by atoms with Crippen molar-refractivity contribution < 1.29 is 19.7 Å². The largest absolute Gasteiger partial charge is 0.487 e. The highest BCUT2D eigenvalue weighted by Crippen LogP contribution is 2.39. The first-order valence-electron chi connectivity index (χ1n) is 7.85. The average Bonchev–Trinajstić information content (AvgIpc) is 2.49. The number of benzene rings is 1. The van der Waals surface area contributed by atoms with Crippen LogP contribution in [-0.2, 0) is 11.2 Å². The molecule has 1 unspecified atom stereocenters. The molecule has 120 valence electrons. The third-order valence-corrected chi connectivity index (χ3v) is 4.91. The Bertz CT molecular complexity index is 562. The van der Waals surface area contributed by atoms with Gasteiger partial charge in [0, 0.05) is 19.6 Å². The highest BCUT2D eigenvalue weighted by atomic mass is 16.5. The maximum atomic E-state index is 11.0. The number of likely N-dealkylation sites (tertiary alicyclic amines) is 1. The van der Waals surface area contributed by atoms with Gasteiger partial charge >= 0.3 is 5.97 Å². The zero-order chi connectivity index (χ0) is 15.8. The van der Waals surface area contributed by atoms with Crippen molar-refractivity contribution in [2.45, 2.75) is 43.8 Å². The minimum absolute atomic E-state index is 0.125. The van der Waals surface area contributed by atoms with Crippen molar-refractivity contribution >= 4 is 5.97 Å². The van der Waals surface area contributed by atoms with Gasteiger partial charge < -0.3 is 14.9 Å². The Morgan fingerprint density at radius 3 is 2.68 bits per heavy atom. The minimum atomic E-state index is -1.69. The van der Waals surface area contributed by atoms with Gasteiger partial charge in [-0.15, -0.1) is 0 Å². The number of ether oxygens (including phenoxy) is 1. The Hall–Kier alpha value is -1.59. The molecule has 1 atom stereocenters. The Labute approximate surface area is 130 Å². The third-order valence-electron chi connectivity index (χ3n) is 4.91. The summed E-state index contributed by atoms with van der Waals surface area (Å²) in [4.78, 5) is 13.0. The molecule has 2 aliphatic heterocycles. The summed E-state index contributed by atoms with van der Waals surface area (Å²) in [6.45, 7) is 3.03. The zero-order valence-electron chi connectivity index (χ0n) is 12.9. The lowest BCUT2D eigenvalue weighted by Crippen LogP contribution is -2.54. The molecule has 0 bridgehead atoms. The number of fused-ring (bicyclic) bond motifs is 1. The Morgan fingerprint density at radius 2 is 2.00 bits per heavy atom. The maximum Gasteiger partial charge on any atom is 0.336 e. The molecule has 22 heavy (non-hydrogen) atoms. The molecule has 1 aromatic carbocycles. The summed E-state index contributed by atoms with van der Waals surface area (Å²) in [5.41, 5.74) is -0.547. The summed E-state index contributed by atoms with van der Waals surface area (Å²) in [5, 5.41) is 18.9. The highest BCUT2D eigenvalue weighted by Gasteiger charge is 2.41. The number of hydrogen-bond acceptors (Lipinski definition) is 4. The van der Waals surface area contributed by atoms with Gasteiger partial charge in [0.25, 0.3) is 0 Å². The van der Waals surface area contributed by atoms with E-state index in [0.717, 1.165) is 44.5 Å². The van der Waals surface area contributed by atoms with Crippen LogP contribution in [0.3, 0.4) is 0 Å². The average molecular weight is 305 g/mol. The van der Waals surface area contributed by atoms with Gasteiger partial charge in [0.2, 0.25) is 0 Å². The number of carboxylic acids is 1. The number of hydrogen-bond donors (Lipinski definition) is 2. The van der Waals surface area contributed by atoms with Crippen LogP contribution in [0.4, 0.5) is 0 Å². The van der Waals surface area contributed by atoms with E-state index in [1.165, 1.54) is 12.5 Å². The van der Waals surface area contributed by atoms with Crippen LogP contribution in [0.25, 0.3) is 0 Å². The molecule has 0 saturated carbocycles. The van der Waals surface area contributed by atoms with E-state index in [4.69, 9.17) is 9.84 Å². The standard InChI is InChI=1S/C17H23NO4/c1-16(21,15(19)20)12-18-10-8-17(9-11-18)7-6-13-4-2-3-5-14(13)22-17/h2-5,21H,6-12H2,1H3,(H,19,20). The Kier molecular flexibility index (Phi) is 3.87. The lowest BCUT2D eigenvalue weighted by atomic mass is 9.83. The number of β-amino-alcohol motifs (C(OH)–C–C–N with tert-alkyl or cyclic N) is 1. The third kappa shape index (κ3) is 2.96. The molecule has 0 radical (unpaired) electrons. The fraction of sp³-hybridized carbons (Fsp3) is 0.588. The smallest absolute Gasteiger partial charge is 0.336 e. The molecular formula is C17H23NO4. The van der Waals surface area contributed by atoms with Crippen molar-refractivity contribution in [1.82, 2.24) is 4.90 Å². The number of piperidine rings is 1. The summed E-state index contributed by atoms with van der Waals surface area (Å²) in [6.07, 6.45) is 3.78. The summed E-state index contributed by atoms with van der Waals surface area (Å²) in [5.74, 6) is -0.185. The van der Waals surface area contributed by atoms with E-state index in [1.54, 1.807) is 0 Å². The molecule has 1 aromatic rings. The van der Waals surface area contributed by atoms with Crippen molar-refractivity contribution in [2.75, 3.05) is 19.6 Å². The monoisotopic (exact) mass is 305 g/mol. The minimum Gasteiger partial charge on any atom is -0.487 e. The summed E-state index contributed by atoms with van der Waals surface area (Å²) < 4.78 is 6.28. The molecule has 0 amide bonds. The molecule has 2 N–H and O–H groups in total. The fourth-order valence-electron chi connectivity index (χ4n) is 3.43. The molecule has 3 rings (SSSR count). The van der Waals surface area contributed by atoms with Gasteiger partial charge in [0.05, 0.1) is 0 Å². The summed E-state index contributed by atoms with van der Waals surface area (Å²) >= 11 is 0. The number of para-hydroxylation sites is 1. The number of nitrogens with zero attached hydrogens (tertiary/aromatic N) is 1. The molecule has 5 nitrogen and oxygen atoms in total. The van der Waals surface area contributed by atoms with Crippen LogP contribution < -0.4 is 4.74 Å². The van der Waals surface area contributed by atoms with Crippen LogP contribution in [0.1, 0.15) is 31.7 Å². The van der Waals surface area contributed by atoms with E-state index < -0.39 is 11.6 Å². The van der Waals surface area contributed by atoms with Crippen LogP contribution in [0.15, 0.2) is 24.3 Å². The van der Waals surface area contributed by atoms with Gasteiger partial charge in [-0.1, -0.05) is 18.2 Å². The van der Waals surface area contributed by atoms with Gasteiger partial charge in [0.1, 0.15) is 11.4 Å². The van der Waals surface area contributed by atoms with Crippen LogP contribution in [-0.4, -0.2) is 51.9 Å². The van der Waals surface area contributed by atoms with E-state index in [2.05, 4.69) is 6.07 Å². The topological polar surface area (TPSA) is 70.0 Å². The van der Waals surface area contributed by atoms with E-state index >= 15 is 0 Å². The first-order chi connectivity index (χ1) is 10.4. The molecule has 5 heteroatoms. The molecule has 1 fully saturated rings. The quantitative estimate of drug-likeness (QED) is 0.889. The van der Waals surface area contributed by atoms with Crippen LogP contribution in [0, 0.1) is 0 Å². The molecule has 2 aliphatic rings. The van der Waals surface area contributed by atoms with E-state index in [-0.39, 0.29) is 12.1 Å². The SMILES string of the molecule is CC(O)(CN1CCC2(CCc3ccccc3O2)CC1)C(=O)O. The molecule has 1 spiro atoms. The van der Waals surface area contributed by atoms with Crippen LogP contribution >= 0.6 is 0 Å². The van der Waals surface area contributed by atoms with Gasteiger partial charge in [-0.3, -0.25) is 4.90 Å². The second-order valence-corrected chi connectivity index (χ2v) is 6.75. The molecule has 2 heterocycles. The van der Waals surface area contributed by atoms with Crippen LogP contribution in [0.5, 0.6) is 5.75 Å². The molecule has 0 aromatic heterocycles. The lowest BCUT2D eigenvalue weighted by Gasteiger charge is -2.45. The number of aryl methyl sites for hydroxylation is 1. The van der Waals surface area contributed by atoms with Crippen molar-refractivity contribution in [3.05, 3.63) is 29.8 Å². The van der Waals surface area contributed by atoms with Crippen LogP contribution in [0.2, 0.25) is 0 Å². The van der Waals surface area contributed by atoms with Crippen molar-refractivity contribution in [2.24, 2.45) is 0 Å². The number of aliphatic hydroxyl groups is 1. The number of rotatable bonds is 3. The van der Waals surface area contributed by atoms with Gasteiger partial charge in [-0.2, -0.15) is 0 Å². The number of carbonyl (C=O) groups is 1. The predicted octanol–water partition coefficient (Wildman–Crippen LogP) is 1.68. The predicted molar refractivity (Wildman–Crippen MR) is 82.1 cm³/mol. The Balaban J connectivity index is 1.62. The van der Waals surface area contributed by atoms with Gasteiger partial charge in [-0.25, -0.2) is 4.79 Å². The Morgan fingerprint density at radius 1 is 1.32 bits per heavy atom. The first kappa shape index (κ1) is 15.3. The number of carboxylic acid groups (broad SMARTS) is 1. The molecular weight excluding hydrogens is 282 g/mol. The lowest BCUT2D eigenvalue weighted by molar-refractivity contribution is -0.159. The second-order valence-electron chi connectivity index (χ2n) is 6.75. The normalized spacial score (nSPS) is 23.4. The second kappa shape index (κ2) is 5.56. The molecule has 0 aliphatic carbocycles. The highest BCUT2D eigenvalue weighted by molar-refractivity contribution is 5.76. The summed E-state index contributed by atoms with van der Waals surface area (Å²) in [7, 11) is 0. The van der Waals surface area contributed by atoms with E-state index in [1.807, 2.05) is 23.1 Å². The van der Waals surface area contributed by atoms with Gasteiger partial charge in [-0.05, 0) is 44.2 Å². The fourth-order valence-corrected chi connectivity index (χ4v) is 3.43. The first-order valence-corrected chi connectivity index (χ1v) is 7.85. The van der Waals surface area contributed by atoms with E-state index in [9.17, 15) is 9.90 Å². The van der Waals surface area contributed by atoms with E-state index in [0.29, 0.717) is 0 Å². The molecule has 1 saturated heterocycles. The van der Waals surface area contributed by atoms with Crippen molar-refractivity contribution in [1.29, 1.82) is 0 Å². The summed E-state index contributed by atoms with van der Waals surface area (Å²) in [6, 6.07) is 8.17. The van der Waals surface area contributed by atoms with Crippen molar-refractivity contribution in [3.8, 4) is 5.75 Å². The zero-order valence-corrected chi connectivity index (χ0v) is 12.9. The van der Waals surface area contributed by atoms with Crippen molar-refractivity contribution in [3.63, 3.8) is 0 Å². The number of aliphatic carboxylic acids is 1. The maximum absolute atomic E-state index is 11.0.